The van der Waals surface area contributed by atoms with Crippen molar-refractivity contribution in [3.05, 3.63) is 70.7 Å². The number of methoxy groups -OCH3 is 1. The van der Waals surface area contributed by atoms with Gasteiger partial charge in [-0.15, -0.1) is 0 Å². The number of benzene rings is 2. The molecule has 1 heterocycles. The van der Waals surface area contributed by atoms with Gasteiger partial charge in [0.05, 0.1) is 24.4 Å². The van der Waals surface area contributed by atoms with E-state index < -0.39 is 18.1 Å². The van der Waals surface area contributed by atoms with Crippen LogP contribution in [0, 0.1) is 0 Å². The zero-order chi connectivity index (χ0) is 21.1. The van der Waals surface area contributed by atoms with Crippen molar-refractivity contribution in [1.82, 2.24) is 10.3 Å². The molecule has 0 radical (unpaired) electrons. The quantitative estimate of drug-likeness (QED) is 0.590. The largest absolute Gasteiger partial charge is 0.481 e. The topological polar surface area (TPSA) is 97.8 Å². The third kappa shape index (κ3) is 3.99. The van der Waals surface area contributed by atoms with Crippen LogP contribution < -0.4 is 10.1 Å². The molecule has 3 aromatic rings. The number of ether oxygens (including phenoxy) is 2. The molecule has 0 fully saturated rings. The van der Waals surface area contributed by atoms with E-state index in [-0.39, 0.29) is 18.9 Å². The van der Waals surface area contributed by atoms with Crippen molar-refractivity contribution in [1.29, 1.82) is 0 Å². The lowest BCUT2D eigenvalue weighted by Gasteiger charge is -2.18. The number of rotatable bonds is 7. The number of hydrogen-bond acceptors (Lipinski definition) is 6. The van der Waals surface area contributed by atoms with E-state index in [4.69, 9.17) is 9.47 Å². The third-order valence-electron chi connectivity index (χ3n) is 5.03. The molecule has 1 amide bonds. The van der Waals surface area contributed by atoms with Crippen LogP contribution in [0.5, 0.6) is 5.19 Å². The number of fused-ring (bicyclic) bond motifs is 3. The highest BCUT2D eigenvalue weighted by Gasteiger charge is 2.29. The lowest BCUT2D eigenvalue weighted by Crippen LogP contribution is -2.31. The number of carboxylic acids is 1. The van der Waals surface area contributed by atoms with Gasteiger partial charge in [0.25, 0.3) is 5.19 Å². The van der Waals surface area contributed by atoms with Crippen LogP contribution in [-0.2, 0) is 9.53 Å². The zero-order valence-electron chi connectivity index (χ0n) is 16.2. The Kier molecular flexibility index (Phi) is 5.67. The van der Waals surface area contributed by atoms with Crippen LogP contribution in [0.15, 0.2) is 54.7 Å². The third-order valence-corrected chi connectivity index (χ3v) is 6.11. The van der Waals surface area contributed by atoms with Crippen LogP contribution >= 0.6 is 11.3 Å². The molecular formula is C22H20N2O5S. The van der Waals surface area contributed by atoms with E-state index >= 15 is 0 Å². The molecule has 0 bridgehead atoms. The second kappa shape index (κ2) is 8.54. The molecule has 7 nitrogen and oxygen atoms in total. The van der Waals surface area contributed by atoms with Crippen LogP contribution in [0.2, 0.25) is 0 Å². The first-order chi connectivity index (χ1) is 14.6. The monoisotopic (exact) mass is 424 g/mol. The van der Waals surface area contributed by atoms with Gasteiger partial charge in [-0.05, 0) is 22.3 Å². The molecule has 8 heteroatoms. The van der Waals surface area contributed by atoms with Gasteiger partial charge in [-0.3, -0.25) is 4.79 Å². The Morgan fingerprint density at radius 1 is 1.13 bits per heavy atom. The number of hydrogen-bond donors (Lipinski definition) is 2. The predicted molar refractivity (Wildman–Crippen MR) is 112 cm³/mol. The highest BCUT2D eigenvalue weighted by molar-refractivity contribution is 7.13. The minimum Gasteiger partial charge on any atom is -0.481 e. The number of nitrogens with one attached hydrogen (secondary N) is 1. The molecule has 1 aromatic heterocycles. The molecule has 30 heavy (non-hydrogen) atoms. The summed E-state index contributed by atoms with van der Waals surface area (Å²) in [7, 11) is 1.48. The van der Waals surface area contributed by atoms with E-state index in [9.17, 15) is 14.7 Å². The number of carbonyl (C=O) groups is 2. The normalized spacial score (nSPS) is 13.2. The van der Waals surface area contributed by atoms with E-state index in [0.717, 1.165) is 22.3 Å². The van der Waals surface area contributed by atoms with Crippen LogP contribution in [0.1, 0.15) is 34.4 Å². The maximum absolute atomic E-state index is 12.5. The number of aromatic nitrogens is 1. The first kappa shape index (κ1) is 19.9. The fourth-order valence-electron chi connectivity index (χ4n) is 3.71. The smallest absolute Gasteiger partial charge is 0.407 e. The van der Waals surface area contributed by atoms with Crippen LogP contribution in [0.3, 0.4) is 0 Å². The van der Waals surface area contributed by atoms with Crippen molar-refractivity contribution in [2.75, 3.05) is 13.7 Å². The summed E-state index contributed by atoms with van der Waals surface area (Å²) in [5.41, 5.74) is 4.51. The molecule has 4 rings (SSSR count). The Morgan fingerprint density at radius 2 is 1.77 bits per heavy atom. The summed E-state index contributed by atoms with van der Waals surface area (Å²) >= 11 is 1.18. The number of carboxylic acid groups (broad SMARTS) is 1. The molecule has 1 aliphatic carbocycles. The molecule has 1 atom stereocenters. The molecule has 1 aliphatic rings. The van der Waals surface area contributed by atoms with Gasteiger partial charge in [0.1, 0.15) is 6.61 Å². The van der Waals surface area contributed by atoms with E-state index in [1.807, 2.05) is 36.4 Å². The second-order valence-corrected chi connectivity index (χ2v) is 7.88. The minimum absolute atomic E-state index is 0.0652. The van der Waals surface area contributed by atoms with Gasteiger partial charge < -0.3 is 19.9 Å². The highest BCUT2D eigenvalue weighted by atomic mass is 32.1. The fraction of sp³-hybridized carbons (Fsp3) is 0.227. The van der Waals surface area contributed by atoms with E-state index in [1.54, 1.807) is 0 Å². The number of aliphatic carboxylic acids is 1. The Balaban J connectivity index is 1.47. The van der Waals surface area contributed by atoms with Crippen molar-refractivity contribution < 1.29 is 24.2 Å². The lowest BCUT2D eigenvalue weighted by atomic mass is 9.98. The minimum atomic E-state index is -1.04. The summed E-state index contributed by atoms with van der Waals surface area (Å²) in [4.78, 5) is 28.4. The Bertz CT molecular complexity index is 1040. The molecular weight excluding hydrogens is 404 g/mol. The molecule has 0 spiro atoms. The fourth-order valence-corrected chi connectivity index (χ4v) is 4.49. The summed E-state index contributed by atoms with van der Waals surface area (Å²) in [6.07, 6.45) is 0.548. The summed E-state index contributed by atoms with van der Waals surface area (Å²) < 4.78 is 10.6. The van der Waals surface area contributed by atoms with Crippen molar-refractivity contribution in [2.45, 2.75) is 18.4 Å². The molecule has 154 valence electrons. The number of carbonyl (C=O) groups excluding carboxylic acids is 1. The highest BCUT2D eigenvalue weighted by Crippen LogP contribution is 2.44. The van der Waals surface area contributed by atoms with Gasteiger partial charge in [0.2, 0.25) is 0 Å². The molecule has 0 saturated carbocycles. The Labute approximate surface area is 177 Å². The van der Waals surface area contributed by atoms with Crippen molar-refractivity contribution in [3.8, 4) is 16.3 Å². The zero-order valence-corrected chi connectivity index (χ0v) is 17.0. The van der Waals surface area contributed by atoms with E-state index in [2.05, 4.69) is 22.4 Å². The van der Waals surface area contributed by atoms with Crippen LogP contribution in [0.25, 0.3) is 11.1 Å². The van der Waals surface area contributed by atoms with Gasteiger partial charge in [-0.2, -0.15) is 0 Å². The summed E-state index contributed by atoms with van der Waals surface area (Å²) in [5, 5.41) is 12.2. The maximum Gasteiger partial charge on any atom is 0.407 e. The molecule has 0 saturated heterocycles. The molecule has 2 aromatic carbocycles. The summed E-state index contributed by atoms with van der Waals surface area (Å²) in [5.74, 6) is -1.10. The van der Waals surface area contributed by atoms with Gasteiger partial charge in [-0.1, -0.05) is 59.9 Å². The number of thiazole rings is 1. The van der Waals surface area contributed by atoms with Crippen molar-refractivity contribution in [2.24, 2.45) is 0 Å². The maximum atomic E-state index is 12.5. The molecule has 2 N–H and O–H groups in total. The van der Waals surface area contributed by atoms with Gasteiger partial charge >= 0.3 is 12.1 Å². The van der Waals surface area contributed by atoms with Crippen LogP contribution in [0.4, 0.5) is 4.79 Å². The SMILES string of the molecule is COc1ncc([C@@H](CC(=O)O)NC(=O)OCC2c3ccccc3-c3ccccc32)s1. The van der Waals surface area contributed by atoms with Gasteiger partial charge in [0.15, 0.2) is 0 Å². The number of amides is 1. The lowest BCUT2D eigenvalue weighted by molar-refractivity contribution is -0.137. The predicted octanol–water partition coefficient (Wildman–Crippen LogP) is 4.21. The van der Waals surface area contributed by atoms with Crippen molar-refractivity contribution >= 4 is 23.4 Å². The summed E-state index contributed by atoms with van der Waals surface area (Å²) in [6.45, 7) is 0.158. The molecule has 0 aliphatic heterocycles. The Hall–Kier alpha value is -3.39. The average Bonchev–Trinajstić information content (AvgIpc) is 3.35. The van der Waals surface area contributed by atoms with E-state index in [1.165, 1.54) is 24.6 Å². The molecule has 0 unspecified atom stereocenters. The van der Waals surface area contributed by atoms with Crippen molar-refractivity contribution in [3.63, 3.8) is 0 Å². The van der Waals surface area contributed by atoms with Gasteiger partial charge in [-0.25, -0.2) is 9.78 Å². The van der Waals surface area contributed by atoms with E-state index in [0.29, 0.717) is 10.1 Å². The number of alkyl carbamates (subject to hydrolysis) is 1. The number of nitrogens with zero attached hydrogens (tertiary/aromatic N) is 1. The van der Waals surface area contributed by atoms with Gasteiger partial charge in [0, 0.05) is 12.1 Å². The Morgan fingerprint density at radius 3 is 2.33 bits per heavy atom. The standard InChI is InChI=1S/C22H20N2O5S/c1-28-22-23-11-19(30-22)18(10-20(25)26)24-21(27)29-12-17-15-8-4-2-6-13(15)14-7-3-5-9-16(14)17/h2-9,11,17-18H,10,12H2,1H3,(H,24,27)(H,25,26)/t18-/m1/s1. The second-order valence-electron chi connectivity index (χ2n) is 6.85. The van der Waals surface area contributed by atoms with Crippen LogP contribution in [-0.4, -0.2) is 35.9 Å². The average molecular weight is 424 g/mol. The first-order valence-electron chi connectivity index (χ1n) is 9.40. The first-order valence-corrected chi connectivity index (χ1v) is 10.2. The summed E-state index contributed by atoms with van der Waals surface area (Å²) in [6, 6.07) is 15.4.